The minimum absolute atomic E-state index is 0.305. The highest BCUT2D eigenvalue weighted by Gasteiger charge is 2.51. The average Bonchev–Trinajstić information content (AvgIpc) is 2.70. The van der Waals surface area contributed by atoms with Crippen molar-refractivity contribution < 1.29 is 47.6 Å². The van der Waals surface area contributed by atoms with Crippen LogP contribution in [0, 0.1) is 0 Å². The van der Waals surface area contributed by atoms with Crippen molar-refractivity contribution in [3.8, 4) is 11.5 Å². The van der Waals surface area contributed by atoms with Gasteiger partial charge in [-0.25, -0.2) is 0 Å². The second-order valence-electron chi connectivity index (χ2n) is 7.01. The number of carbonyl (C=O) groups is 4. The Hall–Kier alpha value is -3.34. The van der Waals surface area contributed by atoms with E-state index in [1.807, 2.05) is 0 Å². The lowest BCUT2D eigenvalue weighted by molar-refractivity contribution is -0.257. The molecule has 0 aliphatic carbocycles. The van der Waals surface area contributed by atoms with E-state index in [9.17, 15) is 19.2 Å². The molecule has 0 saturated carbocycles. The molecule has 1 fully saturated rings. The van der Waals surface area contributed by atoms with E-state index < -0.39 is 54.5 Å². The number of benzene rings is 1. The van der Waals surface area contributed by atoms with Gasteiger partial charge in [0.15, 0.2) is 12.2 Å². The number of amides is 1. The maximum Gasteiger partial charge on any atom is 0.303 e. The van der Waals surface area contributed by atoms with E-state index in [4.69, 9.17) is 28.4 Å². The highest BCUT2D eigenvalue weighted by Crippen LogP contribution is 2.29. The zero-order valence-corrected chi connectivity index (χ0v) is 18.5. The van der Waals surface area contributed by atoms with Gasteiger partial charge in [-0.05, 0) is 24.3 Å². The number of ether oxygens (including phenoxy) is 6. The van der Waals surface area contributed by atoms with Crippen molar-refractivity contribution in [3.05, 3.63) is 24.3 Å². The Balaban J connectivity index is 2.42. The van der Waals surface area contributed by atoms with Crippen LogP contribution in [0.15, 0.2) is 24.3 Å². The molecule has 5 atom stereocenters. The molecule has 0 bridgehead atoms. The molecule has 0 spiro atoms. The summed E-state index contributed by atoms with van der Waals surface area (Å²) in [4.78, 5) is 46.8. The van der Waals surface area contributed by atoms with Gasteiger partial charge in [0.2, 0.25) is 12.2 Å². The predicted octanol–water partition coefficient (Wildman–Crippen LogP) is 0.730. The van der Waals surface area contributed by atoms with Gasteiger partial charge in [0.1, 0.15) is 30.3 Å². The lowest BCUT2D eigenvalue weighted by atomic mass is 9.96. The summed E-state index contributed by atoms with van der Waals surface area (Å²) >= 11 is 0. The molecule has 11 nitrogen and oxygen atoms in total. The second kappa shape index (κ2) is 11.3. The van der Waals surface area contributed by atoms with Crippen LogP contribution >= 0.6 is 0 Å². The van der Waals surface area contributed by atoms with Crippen molar-refractivity contribution in [2.75, 3.05) is 13.7 Å². The number of methoxy groups -OCH3 is 1. The minimum Gasteiger partial charge on any atom is -0.497 e. The van der Waals surface area contributed by atoms with E-state index in [2.05, 4.69) is 5.32 Å². The highest BCUT2D eigenvalue weighted by molar-refractivity contribution is 5.73. The quantitative estimate of drug-likeness (QED) is 0.443. The molecule has 1 N–H and O–H groups in total. The number of hydrogen-bond acceptors (Lipinski definition) is 10. The summed E-state index contributed by atoms with van der Waals surface area (Å²) in [5.41, 5.74) is 0. The summed E-state index contributed by atoms with van der Waals surface area (Å²) in [5, 5.41) is 2.63. The zero-order chi connectivity index (χ0) is 23.8. The number of hydrogen-bond donors (Lipinski definition) is 1. The van der Waals surface area contributed by atoms with Gasteiger partial charge in [-0.15, -0.1) is 0 Å². The standard InChI is InChI=1S/C21H27NO10/c1-11(23)22-18-20(30-14(4)26)19(29-13(3)25)17(10-28-12(2)24)32-21(18)31-16-8-6-15(27-5)7-9-16/h6-9,17-21H,10H2,1-5H3,(H,22,23)/t17-,18+,19+,20-,21-/m0/s1. The summed E-state index contributed by atoms with van der Waals surface area (Å²) in [5.74, 6) is -1.45. The van der Waals surface area contributed by atoms with Crippen LogP contribution in [0.2, 0.25) is 0 Å². The zero-order valence-electron chi connectivity index (χ0n) is 18.5. The Morgan fingerprint density at radius 1 is 0.875 bits per heavy atom. The second-order valence-corrected chi connectivity index (χ2v) is 7.01. The molecular weight excluding hydrogens is 426 g/mol. The van der Waals surface area contributed by atoms with E-state index in [1.165, 1.54) is 34.8 Å². The van der Waals surface area contributed by atoms with Crippen LogP contribution in [-0.4, -0.2) is 68.2 Å². The molecule has 1 aromatic carbocycles. The lowest BCUT2D eigenvalue weighted by Gasteiger charge is -2.44. The molecule has 0 aromatic heterocycles. The molecular formula is C21H27NO10. The Bertz CT molecular complexity index is 824. The van der Waals surface area contributed by atoms with E-state index in [-0.39, 0.29) is 6.61 Å². The first kappa shape index (κ1) is 24.9. The molecule has 0 radical (unpaired) electrons. The third-order valence-corrected chi connectivity index (χ3v) is 4.38. The summed E-state index contributed by atoms with van der Waals surface area (Å²) in [6.07, 6.45) is -4.58. The average molecular weight is 453 g/mol. The number of esters is 3. The Morgan fingerprint density at radius 2 is 1.44 bits per heavy atom. The Labute approximate surface area is 185 Å². The molecule has 1 aromatic rings. The molecule has 0 unspecified atom stereocenters. The molecule has 1 aliphatic heterocycles. The fraction of sp³-hybridized carbons (Fsp3) is 0.524. The monoisotopic (exact) mass is 453 g/mol. The van der Waals surface area contributed by atoms with Gasteiger partial charge in [0.05, 0.1) is 7.11 Å². The van der Waals surface area contributed by atoms with Crippen molar-refractivity contribution >= 4 is 23.8 Å². The van der Waals surface area contributed by atoms with Crippen LogP contribution in [0.5, 0.6) is 11.5 Å². The number of nitrogens with one attached hydrogen (secondary N) is 1. The Kier molecular flexibility index (Phi) is 8.82. The summed E-state index contributed by atoms with van der Waals surface area (Å²) in [7, 11) is 1.52. The molecule has 1 saturated heterocycles. The van der Waals surface area contributed by atoms with Crippen molar-refractivity contribution in [1.82, 2.24) is 5.32 Å². The molecule has 11 heteroatoms. The highest BCUT2D eigenvalue weighted by atomic mass is 16.7. The van der Waals surface area contributed by atoms with Crippen LogP contribution in [0.25, 0.3) is 0 Å². The third kappa shape index (κ3) is 7.12. The van der Waals surface area contributed by atoms with Gasteiger partial charge >= 0.3 is 17.9 Å². The molecule has 1 aliphatic rings. The van der Waals surface area contributed by atoms with E-state index in [0.29, 0.717) is 11.5 Å². The predicted molar refractivity (Wildman–Crippen MR) is 108 cm³/mol. The Morgan fingerprint density at radius 3 is 1.94 bits per heavy atom. The maximum absolute atomic E-state index is 11.9. The first-order valence-corrected chi connectivity index (χ1v) is 9.81. The van der Waals surface area contributed by atoms with Crippen LogP contribution in [0.4, 0.5) is 0 Å². The molecule has 1 heterocycles. The van der Waals surface area contributed by atoms with Crippen molar-refractivity contribution in [2.24, 2.45) is 0 Å². The topological polar surface area (TPSA) is 136 Å². The fourth-order valence-corrected chi connectivity index (χ4v) is 3.18. The van der Waals surface area contributed by atoms with Crippen LogP contribution in [0.3, 0.4) is 0 Å². The van der Waals surface area contributed by atoms with Gasteiger partial charge in [0.25, 0.3) is 0 Å². The summed E-state index contributed by atoms with van der Waals surface area (Å²) in [6.45, 7) is 4.51. The fourth-order valence-electron chi connectivity index (χ4n) is 3.18. The maximum atomic E-state index is 11.9. The van der Waals surface area contributed by atoms with E-state index in [1.54, 1.807) is 24.3 Å². The lowest BCUT2D eigenvalue weighted by Crippen LogP contribution is -2.67. The van der Waals surface area contributed by atoms with E-state index in [0.717, 1.165) is 0 Å². The minimum atomic E-state index is -1.18. The van der Waals surface area contributed by atoms with Crippen LogP contribution in [-0.2, 0) is 38.1 Å². The first-order valence-electron chi connectivity index (χ1n) is 9.81. The van der Waals surface area contributed by atoms with Crippen molar-refractivity contribution in [1.29, 1.82) is 0 Å². The molecule has 1 amide bonds. The van der Waals surface area contributed by atoms with Gasteiger partial charge in [-0.1, -0.05) is 0 Å². The van der Waals surface area contributed by atoms with Crippen molar-refractivity contribution in [3.63, 3.8) is 0 Å². The third-order valence-electron chi connectivity index (χ3n) is 4.38. The summed E-state index contributed by atoms with van der Waals surface area (Å²) in [6, 6.07) is 5.51. The van der Waals surface area contributed by atoms with Gasteiger partial charge in [-0.2, -0.15) is 0 Å². The smallest absolute Gasteiger partial charge is 0.303 e. The van der Waals surface area contributed by atoms with E-state index >= 15 is 0 Å². The summed E-state index contributed by atoms with van der Waals surface area (Å²) < 4.78 is 32.7. The van der Waals surface area contributed by atoms with Crippen LogP contribution < -0.4 is 14.8 Å². The molecule has 176 valence electrons. The normalized spacial score (nSPS) is 24.6. The van der Waals surface area contributed by atoms with Gasteiger partial charge in [0, 0.05) is 27.7 Å². The number of rotatable bonds is 8. The van der Waals surface area contributed by atoms with Crippen LogP contribution in [0.1, 0.15) is 27.7 Å². The van der Waals surface area contributed by atoms with Gasteiger partial charge in [-0.3, -0.25) is 19.2 Å². The number of carbonyl (C=O) groups excluding carboxylic acids is 4. The first-order chi connectivity index (χ1) is 15.1. The molecule has 32 heavy (non-hydrogen) atoms. The largest absolute Gasteiger partial charge is 0.497 e. The molecule has 2 rings (SSSR count). The van der Waals surface area contributed by atoms with Gasteiger partial charge < -0.3 is 33.7 Å². The van der Waals surface area contributed by atoms with Crippen molar-refractivity contribution in [2.45, 2.75) is 58.3 Å². The SMILES string of the molecule is COc1ccc(O[C@H]2O[C@@H](COC(C)=O)[C@@H](OC(C)=O)[C@@H](OC(C)=O)[C@H]2NC(C)=O)cc1.